The number of hydrogen-bond acceptors (Lipinski definition) is 2. The number of likely N-dealkylation sites (N-methyl/N-ethyl adjacent to an activating group) is 1. The number of benzene rings is 1. The second kappa shape index (κ2) is 5.43. The predicted molar refractivity (Wildman–Crippen MR) is 73.9 cm³/mol. The normalized spacial score (nSPS) is 18.5. The third kappa shape index (κ3) is 2.78. The molecule has 4 nitrogen and oxygen atoms in total. The summed E-state index contributed by atoms with van der Waals surface area (Å²) in [6, 6.07) is 7.22. The van der Waals surface area contributed by atoms with Gasteiger partial charge in [-0.1, -0.05) is 17.7 Å². The van der Waals surface area contributed by atoms with Gasteiger partial charge in [0.05, 0.1) is 0 Å². The van der Waals surface area contributed by atoms with Crippen LogP contribution in [0.2, 0.25) is 0 Å². The van der Waals surface area contributed by atoms with E-state index in [0.29, 0.717) is 12.1 Å². The molecule has 0 spiro atoms. The lowest BCUT2D eigenvalue weighted by Gasteiger charge is -2.26. The minimum absolute atomic E-state index is 0.0125. The molecule has 0 aliphatic carbocycles. The molecule has 1 aliphatic rings. The van der Waals surface area contributed by atoms with Crippen LogP contribution in [0.4, 0.5) is 0 Å². The number of carbonyl (C=O) groups is 2. The van der Waals surface area contributed by atoms with E-state index in [4.69, 9.17) is 0 Å². The lowest BCUT2D eigenvalue weighted by Crippen LogP contribution is -2.45. The van der Waals surface area contributed by atoms with Gasteiger partial charge in [-0.15, -0.1) is 0 Å². The second-order valence-corrected chi connectivity index (χ2v) is 5.26. The number of aryl methyl sites for hydroxylation is 1. The van der Waals surface area contributed by atoms with Crippen LogP contribution in [0.25, 0.3) is 0 Å². The van der Waals surface area contributed by atoms with Gasteiger partial charge in [-0.2, -0.15) is 0 Å². The van der Waals surface area contributed by atoms with Crippen LogP contribution in [0.1, 0.15) is 28.8 Å². The highest BCUT2D eigenvalue weighted by Crippen LogP contribution is 2.21. The van der Waals surface area contributed by atoms with Gasteiger partial charge in [-0.3, -0.25) is 9.59 Å². The van der Waals surface area contributed by atoms with Crippen molar-refractivity contribution in [3.63, 3.8) is 0 Å². The van der Waals surface area contributed by atoms with Crippen LogP contribution < -0.4 is 0 Å². The minimum atomic E-state index is -0.303. The minimum Gasteiger partial charge on any atom is -0.347 e. The van der Waals surface area contributed by atoms with Crippen molar-refractivity contribution in [2.24, 2.45) is 0 Å². The van der Waals surface area contributed by atoms with Crippen LogP contribution in [0, 0.1) is 6.92 Å². The first-order chi connectivity index (χ1) is 9.00. The molecule has 2 rings (SSSR count). The van der Waals surface area contributed by atoms with Crippen molar-refractivity contribution >= 4 is 11.8 Å². The molecule has 1 atom stereocenters. The van der Waals surface area contributed by atoms with Crippen molar-refractivity contribution < 1.29 is 9.59 Å². The van der Waals surface area contributed by atoms with E-state index in [0.717, 1.165) is 18.4 Å². The fourth-order valence-electron chi connectivity index (χ4n) is 2.51. The van der Waals surface area contributed by atoms with E-state index in [1.165, 1.54) is 0 Å². The maximum atomic E-state index is 12.5. The van der Waals surface area contributed by atoms with E-state index < -0.39 is 0 Å². The molecule has 4 heteroatoms. The zero-order valence-corrected chi connectivity index (χ0v) is 11.7. The predicted octanol–water partition coefficient (Wildman–Crippen LogP) is 1.69. The molecule has 1 aliphatic heterocycles. The molecule has 0 bridgehead atoms. The summed E-state index contributed by atoms with van der Waals surface area (Å²) >= 11 is 0. The average molecular weight is 260 g/mol. The molecule has 1 saturated heterocycles. The fraction of sp³-hybridized carbons (Fsp3) is 0.467. The zero-order chi connectivity index (χ0) is 14.0. The Bertz CT molecular complexity index is 497. The first-order valence-corrected chi connectivity index (χ1v) is 6.59. The van der Waals surface area contributed by atoms with Gasteiger partial charge in [0.15, 0.2) is 0 Å². The third-order valence-corrected chi connectivity index (χ3v) is 3.50. The lowest BCUT2D eigenvalue weighted by atomic mass is 10.1. The molecule has 19 heavy (non-hydrogen) atoms. The molecule has 1 fully saturated rings. The molecule has 1 aromatic carbocycles. The van der Waals surface area contributed by atoms with E-state index in [1.807, 2.05) is 31.2 Å². The molecule has 2 amide bonds. The lowest BCUT2D eigenvalue weighted by molar-refractivity contribution is -0.132. The van der Waals surface area contributed by atoms with Gasteiger partial charge in [0, 0.05) is 26.2 Å². The summed E-state index contributed by atoms with van der Waals surface area (Å²) in [4.78, 5) is 27.8. The molecule has 1 unspecified atom stereocenters. The Labute approximate surface area is 114 Å². The first-order valence-electron chi connectivity index (χ1n) is 6.59. The van der Waals surface area contributed by atoms with Gasteiger partial charge in [-0.25, -0.2) is 0 Å². The van der Waals surface area contributed by atoms with Crippen molar-refractivity contribution in [1.29, 1.82) is 0 Å². The molecule has 0 aromatic heterocycles. The van der Waals surface area contributed by atoms with Gasteiger partial charge >= 0.3 is 0 Å². The largest absolute Gasteiger partial charge is 0.347 e. The van der Waals surface area contributed by atoms with E-state index in [2.05, 4.69) is 0 Å². The van der Waals surface area contributed by atoms with Crippen LogP contribution >= 0.6 is 0 Å². The van der Waals surface area contributed by atoms with Gasteiger partial charge < -0.3 is 9.80 Å². The maximum Gasteiger partial charge on any atom is 0.254 e. The number of hydrogen-bond donors (Lipinski definition) is 0. The molecular weight excluding hydrogens is 240 g/mol. The Morgan fingerprint density at radius 3 is 2.68 bits per heavy atom. The van der Waals surface area contributed by atoms with Gasteiger partial charge in [0.2, 0.25) is 5.91 Å². The zero-order valence-electron chi connectivity index (χ0n) is 11.7. The summed E-state index contributed by atoms with van der Waals surface area (Å²) in [5, 5.41) is 0. The topological polar surface area (TPSA) is 40.6 Å². The number of nitrogens with zero attached hydrogens (tertiary/aromatic N) is 2. The summed E-state index contributed by atoms with van der Waals surface area (Å²) < 4.78 is 0. The Morgan fingerprint density at radius 2 is 2.05 bits per heavy atom. The number of carbonyl (C=O) groups excluding carboxylic acids is 2. The molecule has 0 saturated carbocycles. The molecule has 1 heterocycles. The van der Waals surface area contributed by atoms with Crippen molar-refractivity contribution in [2.75, 3.05) is 20.6 Å². The van der Waals surface area contributed by atoms with Crippen LogP contribution in [0.15, 0.2) is 24.3 Å². The van der Waals surface area contributed by atoms with E-state index in [1.54, 1.807) is 23.9 Å². The Hall–Kier alpha value is -1.84. The van der Waals surface area contributed by atoms with Crippen LogP contribution in [0.5, 0.6) is 0 Å². The highest BCUT2D eigenvalue weighted by atomic mass is 16.2. The van der Waals surface area contributed by atoms with Crippen molar-refractivity contribution in [3.8, 4) is 0 Å². The molecule has 0 N–H and O–H groups in total. The van der Waals surface area contributed by atoms with Crippen LogP contribution in [-0.4, -0.2) is 48.3 Å². The van der Waals surface area contributed by atoms with Crippen molar-refractivity contribution in [3.05, 3.63) is 35.4 Å². The summed E-state index contributed by atoms with van der Waals surface area (Å²) in [5.74, 6) is -0.0279. The molecule has 102 valence electrons. The SMILES string of the molecule is Cc1cccc(C(=O)N2CCCC2C(=O)N(C)C)c1. The average Bonchev–Trinajstić information content (AvgIpc) is 2.85. The molecule has 1 aromatic rings. The Kier molecular flexibility index (Phi) is 3.88. The summed E-state index contributed by atoms with van der Waals surface area (Å²) in [6.07, 6.45) is 1.65. The summed E-state index contributed by atoms with van der Waals surface area (Å²) in [7, 11) is 3.46. The highest BCUT2D eigenvalue weighted by Gasteiger charge is 2.35. The number of likely N-dealkylation sites (tertiary alicyclic amines) is 1. The first kappa shape index (κ1) is 13.6. The second-order valence-electron chi connectivity index (χ2n) is 5.26. The van der Waals surface area contributed by atoms with Gasteiger partial charge in [0.1, 0.15) is 6.04 Å². The van der Waals surface area contributed by atoms with Crippen LogP contribution in [-0.2, 0) is 4.79 Å². The van der Waals surface area contributed by atoms with E-state index in [9.17, 15) is 9.59 Å². The maximum absolute atomic E-state index is 12.5. The summed E-state index contributed by atoms with van der Waals surface area (Å²) in [6.45, 7) is 2.63. The Balaban J connectivity index is 2.21. The fourth-order valence-corrected chi connectivity index (χ4v) is 2.51. The Morgan fingerprint density at radius 1 is 1.32 bits per heavy atom. The highest BCUT2D eigenvalue weighted by molar-refractivity contribution is 5.98. The standard InChI is InChI=1S/C15H20N2O2/c1-11-6-4-7-12(10-11)14(18)17-9-5-8-13(17)15(19)16(2)3/h4,6-7,10,13H,5,8-9H2,1-3H3. The van der Waals surface area contributed by atoms with Crippen molar-refractivity contribution in [2.45, 2.75) is 25.8 Å². The molecule has 0 radical (unpaired) electrons. The monoisotopic (exact) mass is 260 g/mol. The van der Waals surface area contributed by atoms with E-state index in [-0.39, 0.29) is 17.9 Å². The quantitative estimate of drug-likeness (QED) is 0.812. The third-order valence-electron chi connectivity index (χ3n) is 3.50. The van der Waals surface area contributed by atoms with Gasteiger partial charge in [0.25, 0.3) is 5.91 Å². The summed E-state index contributed by atoms with van der Waals surface area (Å²) in [5.41, 5.74) is 1.72. The van der Waals surface area contributed by atoms with Gasteiger partial charge in [-0.05, 0) is 31.9 Å². The number of amides is 2. The molecular formula is C15H20N2O2. The number of rotatable bonds is 2. The smallest absolute Gasteiger partial charge is 0.254 e. The van der Waals surface area contributed by atoms with Crippen molar-refractivity contribution in [1.82, 2.24) is 9.80 Å². The van der Waals surface area contributed by atoms with E-state index >= 15 is 0 Å². The van der Waals surface area contributed by atoms with Crippen LogP contribution in [0.3, 0.4) is 0 Å².